The molecular formula is C10H14O3. The van der Waals surface area contributed by atoms with Crippen molar-refractivity contribution in [3.05, 3.63) is 29.8 Å². The van der Waals surface area contributed by atoms with Gasteiger partial charge in [0.2, 0.25) is 0 Å². The van der Waals surface area contributed by atoms with Crippen molar-refractivity contribution in [3.8, 4) is 5.75 Å². The number of para-hydroxylation sites is 1. The van der Waals surface area contributed by atoms with Gasteiger partial charge in [-0.15, -0.1) is 0 Å². The van der Waals surface area contributed by atoms with Gasteiger partial charge in [-0.05, 0) is 6.07 Å². The van der Waals surface area contributed by atoms with E-state index in [1.54, 1.807) is 21.3 Å². The fourth-order valence-corrected chi connectivity index (χ4v) is 1.21. The van der Waals surface area contributed by atoms with Crippen LogP contribution in [0.25, 0.3) is 0 Å². The minimum Gasteiger partial charge on any atom is -0.496 e. The van der Waals surface area contributed by atoms with Crippen LogP contribution in [0.1, 0.15) is 11.9 Å². The average molecular weight is 182 g/mol. The molecule has 0 bridgehead atoms. The molecule has 72 valence electrons. The summed E-state index contributed by atoms with van der Waals surface area (Å²) in [5.74, 6) is 0.774. The van der Waals surface area contributed by atoms with Gasteiger partial charge in [-0.25, -0.2) is 0 Å². The second-order valence-corrected chi connectivity index (χ2v) is 2.55. The zero-order chi connectivity index (χ0) is 9.68. The van der Waals surface area contributed by atoms with Gasteiger partial charge >= 0.3 is 0 Å². The van der Waals surface area contributed by atoms with Gasteiger partial charge in [0.05, 0.1) is 7.11 Å². The van der Waals surface area contributed by atoms with E-state index in [2.05, 4.69) is 0 Å². The normalized spacial score (nSPS) is 10.5. The monoisotopic (exact) mass is 182 g/mol. The Labute approximate surface area is 78.2 Å². The summed E-state index contributed by atoms with van der Waals surface area (Å²) in [4.78, 5) is 0. The maximum absolute atomic E-state index is 5.17. The van der Waals surface area contributed by atoms with E-state index in [-0.39, 0.29) is 6.29 Å². The number of rotatable bonds is 4. The number of hydrogen-bond acceptors (Lipinski definition) is 3. The molecule has 0 fully saturated rings. The van der Waals surface area contributed by atoms with Crippen LogP contribution in [-0.4, -0.2) is 21.3 Å². The van der Waals surface area contributed by atoms with Crippen molar-refractivity contribution in [2.24, 2.45) is 0 Å². The molecule has 0 unspecified atom stereocenters. The van der Waals surface area contributed by atoms with Gasteiger partial charge in [-0.1, -0.05) is 18.2 Å². The molecule has 0 N–H and O–H groups in total. The average Bonchev–Trinajstić information content (AvgIpc) is 2.20. The molecule has 13 heavy (non-hydrogen) atoms. The third-order valence-corrected chi connectivity index (χ3v) is 1.82. The molecule has 0 aliphatic heterocycles. The Balaban J connectivity index is 2.96. The lowest BCUT2D eigenvalue weighted by Crippen LogP contribution is -2.05. The molecule has 0 aliphatic rings. The molecule has 0 atom stereocenters. The molecule has 0 spiro atoms. The Bertz CT molecular complexity index is 256. The molecule has 0 aliphatic carbocycles. The molecule has 0 heterocycles. The van der Waals surface area contributed by atoms with E-state index in [1.807, 2.05) is 24.3 Å². The van der Waals surface area contributed by atoms with Gasteiger partial charge in [0.1, 0.15) is 5.75 Å². The Morgan fingerprint density at radius 3 is 2.15 bits per heavy atom. The first-order valence-electron chi connectivity index (χ1n) is 4.02. The van der Waals surface area contributed by atoms with Crippen molar-refractivity contribution in [1.29, 1.82) is 0 Å². The predicted octanol–water partition coefficient (Wildman–Crippen LogP) is 1.99. The Morgan fingerprint density at radius 2 is 1.62 bits per heavy atom. The van der Waals surface area contributed by atoms with Gasteiger partial charge in [0, 0.05) is 19.8 Å². The standard InChI is InChI=1S/C10H14O3/c1-11-9-7-5-4-6-8(9)10(12-2)13-3/h4-7,10H,1-3H3. The summed E-state index contributed by atoms with van der Waals surface area (Å²) in [5.41, 5.74) is 0.898. The Morgan fingerprint density at radius 1 is 1.00 bits per heavy atom. The highest BCUT2D eigenvalue weighted by Gasteiger charge is 2.13. The summed E-state index contributed by atoms with van der Waals surface area (Å²) in [6.07, 6.45) is -0.365. The molecule has 0 saturated heterocycles. The fourth-order valence-electron chi connectivity index (χ4n) is 1.21. The van der Waals surface area contributed by atoms with Gasteiger partial charge in [0.15, 0.2) is 6.29 Å². The van der Waals surface area contributed by atoms with Crippen molar-refractivity contribution < 1.29 is 14.2 Å². The fraction of sp³-hybridized carbons (Fsp3) is 0.400. The van der Waals surface area contributed by atoms with Gasteiger partial charge < -0.3 is 14.2 Å². The van der Waals surface area contributed by atoms with Crippen LogP contribution in [-0.2, 0) is 9.47 Å². The van der Waals surface area contributed by atoms with Crippen molar-refractivity contribution in [3.63, 3.8) is 0 Å². The summed E-state index contributed by atoms with van der Waals surface area (Å²) in [7, 11) is 4.82. The van der Waals surface area contributed by atoms with Crippen LogP contribution in [0.3, 0.4) is 0 Å². The summed E-state index contributed by atoms with van der Waals surface area (Å²) >= 11 is 0. The van der Waals surface area contributed by atoms with Gasteiger partial charge in [-0.2, -0.15) is 0 Å². The van der Waals surface area contributed by atoms with Crippen LogP contribution < -0.4 is 4.74 Å². The van der Waals surface area contributed by atoms with E-state index in [1.165, 1.54) is 0 Å². The smallest absolute Gasteiger partial charge is 0.186 e. The third-order valence-electron chi connectivity index (χ3n) is 1.82. The second kappa shape index (κ2) is 4.84. The van der Waals surface area contributed by atoms with Crippen LogP contribution in [0.4, 0.5) is 0 Å². The first-order chi connectivity index (χ1) is 6.33. The minimum absolute atomic E-state index is 0.365. The van der Waals surface area contributed by atoms with Gasteiger partial charge in [0.25, 0.3) is 0 Å². The van der Waals surface area contributed by atoms with E-state index in [0.29, 0.717) is 0 Å². The number of methoxy groups -OCH3 is 3. The summed E-state index contributed by atoms with van der Waals surface area (Å²) in [6, 6.07) is 7.62. The van der Waals surface area contributed by atoms with Gasteiger partial charge in [-0.3, -0.25) is 0 Å². The molecule has 1 aromatic rings. The molecule has 1 aromatic carbocycles. The van der Waals surface area contributed by atoms with E-state index >= 15 is 0 Å². The predicted molar refractivity (Wildman–Crippen MR) is 49.8 cm³/mol. The van der Waals surface area contributed by atoms with Crippen molar-refractivity contribution in [2.75, 3.05) is 21.3 Å². The molecule has 0 aromatic heterocycles. The number of hydrogen-bond donors (Lipinski definition) is 0. The quantitative estimate of drug-likeness (QED) is 0.666. The lowest BCUT2D eigenvalue weighted by molar-refractivity contribution is -0.106. The molecule has 0 saturated carbocycles. The topological polar surface area (TPSA) is 27.7 Å². The first kappa shape index (κ1) is 10.0. The maximum atomic E-state index is 5.17. The molecular weight excluding hydrogens is 168 g/mol. The third kappa shape index (κ3) is 2.20. The molecule has 0 radical (unpaired) electrons. The van der Waals surface area contributed by atoms with E-state index in [4.69, 9.17) is 14.2 Å². The summed E-state index contributed by atoms with van der Waals surface area (Å²) < 4.78 is 15.4. The van der Waals surface area contributed by atoms with E-state index < -0.39 is 0 Å². The number of benzene rings is 1. The van der Waals surface area contributed by atoms with E-state index in [9.17, 15) is 0 Å². The van der Waals surface area contributed by atoms with Crippen LogP contribution in [0.15, 0.2) is 24.3 Å². The van der Waals surface area contributed by atoms with Crippen LogP contribution in [0, 0.1) is 0 Å². The minimum atomic E-state index is -0.365. The highest BCUT2D eigenvalue weighted by atomic mass is 16.7. The van der Waals surface area contributed by atoms with Crippen molar-refractivity contribution >= 4 is 0 Å². The zero-order valence-electron chi connectivity index (χ0n) is 8.11. The number of ether oxygens (including phenoxy) is 3. The summed E-state index contributed by atoms with van der Waals surface area (Å²) in [6.45, 7) is 0. The Hall–Kier alpha value is -1.06. The van der Waals surface area contributed by atoms with Crippen molar-refractivity contribution in [1.82, 2.24) is 0 Å². The highest BCUT2D eigenvalue weighted by molar-refractivity contribution is 5.34. The lowest BCUT2D eigenvalue weighted by atomic mass is 10.2. The molecule has 0 amide bonds. The van der Waals surface area contributed by atoms with Crippen LogP contribution >= 0.6 is 0 Å². The zero-order valence-corrected chi connectivity index (χ0v) is 8.11. The van der Waals surface area contributed by atoms with Crippen LogP contribution in [0.5, 0.6) is 5.75 Å². The van der Waals surface area contributed by atoms with E-state index in [0.717, 1.165) is 11.3 Å². The molecule has 3 nitrogen and oxygen atoms in total. The largest absolute Gasteiger partial charge is 0.496 e. The van der Waals surface area contributed by atoms with Crippen molar-refractivity contribution in [2.45, 2.75) is 6.29 Å². The first-order valence-corrected chi connectivity index (χ1v) is 4.02. The lowest BCUT2D eigenvalue weighted by Gasteiger charge is -2.16. The SMILES string of the molecule is COc1ccccc1C(OC)OC. The summed E-state index contributed by atoms with van der Waals surface area (Å²) in [5, 5.41) is 0. The molecule has 1 rings (SSSR count). The maximum Gasteiger partial charge on any atom is 0.186 e. The second-order valence-electron chi connectivity index (χ2n) is 2.55. The Kier molecular flexibility index (Phi) is 3.73. The highest BCUT2D eigenvalue weighted by Crippen LogP contribution is 2.26. The van der Waals surface area contributed by atoms with Crippen LogP contribution in [0.2, 0.25) is 0 Å². The molecule has 3 heteroatoms.